The maximum atomic E-state index is 11.9. The van der Waals surface area contributed by atoms with Gasteiger partial charge in [-0.15, -0.1) is 0 Å². The number of hydrogen-bond donors (Lipinski definition) is 2. The second-order valence-corrected chi connectivity index (χ2v) is 12.4. The lowest BCUT2D eigenvalue weighted by atomic mass is 9.96. The third-order valence-corrected chi connectivity index (χ3v) is 8.11. The van der Waals surface area contributed by atoms with E-state index in [2.05, 4.69) is 72.5 Å². The van der Waals surface area contributed by atoms with E-state index in [9.17, 15) is 8.42 Å². The van der Waals surface area contributed by atoms with Crippen molar-refractivity contribution in [2.45, 2.75) is 25.9 Å². The van der Waals surface area contributed by atoms with Gasteiger partial charge in [0, 0.05) is 39.5 Å². The standard InChI is InChI=1S/C28H28BrN5O3S2/c1-17-14-22(18(2)33(17)20-9-7-8-19(29)15-20)27-26(24-10-5-6-13-30-24)31-28(38)34(27)21-11-12-23(25(16-21)37-3)32-39(4,35)36/h5-16,26-27,32H,1-4H3,(H,31,38)/t26-,27+/m0/s1. The van der Waals surface area contributed by atoms with E-state index >= 15 is 0 Å². The van der Waals surface area contributed by atoms with Crippen molar-refractivity contribution in [3.05, 3.63) is 100 Å². The Kier molecular flexibility index (Phi) is 7.41. The Morgan fingerprint density at radius 3 is 2.51 bits per heavy atom. The monoisotopic (exact) mass is 625 g/mol. The predicted molar refractivity (Wildman–Crippen MR) is 162 cm³/mol. The Morgan fingerprint density at radius 1 is 1.05 bits per heavy atom. The first-order valence-electron chi connectivity index (χ1n) is 12.2. The Morgan fingerprint density at radius 2 is 1.85 bits per heavy atom. The number of aromatic nitrogens is 2. The Bertz CT molecular complexity index is 1660. The van der Waals surface area contributed by atoms with Gasteiger partial charge in [0.05, 0.1) is 36.8 Å². The maximum absolute atomic E-state index is 11.9. The molecule has 1 saturated heterocycles. The van der Waals surface area contributed by atoms with E-state index < -0.39 is 10.0 Å². The summed E-state index contributed by atoms with van der Waals surface area (Å²) in [5.41, 5.74) is 6.29. The molecule has 39 heavy (non-hydrogen) atoms. The summed E-state index contributed by atoms with van der Waals surface area (Å²) in [6.45, 7) is 4.20. The summed E-state index contributed by atoms with van der Waals surface area (Å²) in [5.74, 6) is 0.389. The zero-order chi connectivity index (χ0) is 27.9. The molecule has 11 heteroatoms. The molecule has 0 unspecified atom stereocenters. The van der Waals surface area contributed by atoms with E-state index in [4.69, 9.17) is 17.0 Å². The van der Waals surface area contributed by atoms with Crippen molar-refractivity contribution >= 4 is 54.7 Å². The van der Waals surface area contributed by atoms with Gasteiger partial charge in [0.1, 0.15) is 5.75 Å². The average Bonchev–Trinajstić information content (AvgIpc) is 3.38. The van der Waals surface area contributed by atoms with Crippen molar-refractivity contribution in [2.75, 3.05) is 23.0 Å². The summed E-state index contributed by atoms with van der Waals surface area (Å²) in [6.07, 6.45) is 2.88. The lowest BCUT2D eigenvalue weighted by Gasteiger charge is -2.29. The smallest absolute Gasteiger partial charge is 0.229 e. The summed E-state index contributed by atoms with van der Waals surface area (Å²) in [5, 5.41) is 4.02. The third-order valence-electron chi connectivity index (χ3n) is 6.71. The molecule has 2 aromatic heterocycles. The van der Waals surface area contributed by atoms with Crippen LogP contribution in [0.25, 0.3) is 5.69 Å². The number of anilines is 2. The number of methoxy groups -OCH3 is 1. The molecule has 8 nitrogen and oxygen atoms in total. The Balaban J connectivity index is 1.67. The minimum Gasteiger partial charge on any atom is -0.494 e. The number of nitrogens with zero attached hydrogens (tertiary/aromatic N) is 3. The normalized spacial score (nSPS) is 17.3. The second kappa shape index (κ2) is 10.6. The summed E-state index contributed by atoms with van der Waals surface area (Å²) in [4.78, 5) is 6.70. The number of hydrogen-bond acceptors (Lipinski definition) is 5. The van der Waals surface area contributed by atoms with Crippen molar-refractivity contribution in [3.8, 4) is 11.4 Å². The van der Waals surface area contributed by atoms with Crippen molar-refractivity contribution in [1.82, 2.24) is 14.9 Å². The molecule has 202 valence electrons. The minimum absolute atomic E-state index is 0.227. The van der Waals surface area contributed by atoms with Crippen LogP contribution in [0.2, 0.25) is 0 Å². The molecule has 2 aromatic carbocycles. The largest absolute Gasteiger partial charge is 0.494 e. The fraction of sp³-hybridized carbons (Fsp3) is 0.214. The Hall–Kier alpha value is -3.41. The summed E-state index contributed by atoms with van der Waals surface area (Å²) in [7, 11) is -1.98. The summed E-state index contributed by atoms with van der Waals surface area (Å²) < 4.78 is 35.1. The van der Waals surface area contributed by atoms with Gasteiger partial charge >= 0.3 is 0 Å². The molecule has 0 spiro atoms. The van der Waals surface area contributed by atoms with Crippen molar-refractivity contribution in [1.29, 1.82) is 0 Å². The summed E-state index contributed by atoms with van der Waals surface area (Å²) >= 11 is 9.49. The van der Waals surface area contributed by atoms with Crippen LogP contribution in [0.4, 0.5) is 11.4 Å². The maximum Gasteiger partial charge on any atom is 0.229 e. The fourth-order valence-corrected chi connectivity index (χ4v) is 6.46. The van der Waals surface area contributed by atoms with E-state index in [0.717, 1.165) is 44.7 Å². The molecule has 5 rings (SSSR count). The number of thiocarbonyl (C=S) groups is 1. The van der Waals surface area contributed by atoms with Crippen LogP contribution in [0.5, 0.6) is 5.75 Å². The zero-order valence-corrected chi connectivity index (χ0v) is 25.1. The highest BCUT2D eigenvalue weighted by Crippen LogP contribution is 2.45. The third kappa shape index (κ3) is 5.39. The number of ether oxygens (including phenoxy) is 1. The molecule has 0 radical (unpaired) electrons. The van der Waals surface area contributed by atoms with Gasteiger partial charge in [-0.1, -0.05) is 28.1 Å². The van der Waals surface area contributed by atoms with Crippen molar-refractivity contribution < 1.29 is 13.2 Å². The van der Waals surface area contributed by atoms with Crippen LogP contribution < -0.4 is 19.7 Å². The van der Waals surface area contributed by atoms with Crippen LogP contribution in [-0.4, -0.2) is 36.4 Å². The van der Waals surface area contributed by atoms with Gasteiger partial charge in [0.2, 0.25) is 10.0 Å². The van der Waals surface area contributed by atoms with Gasteiger partial charge in [-0.2, -0.15) is 0 Å². The molecule has 1 fully saturated rings. The SMILES string of the molecule is COc1cc(N2C(=S)N[C@@H](c3ccccn3)[C@H]2c2cc(C)n(-c3cccc(Br)c3)c2C)ccc1NS(C)(=O)=O. The molecule has 3 heterocycles. The second-order valence-electron chi connectivity index (χ2n) is 9.40. The molecular weight excluding hydrogens is 598 g/mol. The van der Waals surface area contributed by atoms with Crippen LogP contribution in [0, 0.1) is 13.8 Å². The lowest BCUT2D eigenvalue weighted by Crippen LogP contribution is -2.29. The van der Waals surface area contributed by atoms with Gasteiger partial charge in [-0.05, 0) is 80.2 Å². The lowest BCUT2D eigenvalue weighted by molar-refractivity contribution is 0.417. The number of pyridine rings is 1. The topological polar surface area (TPSA) is 88.5 Å². The van der Waals surface area contributed by atoms with E-state index in [1.807, 2.05) is 36.4 Å². The molecular formula is C28H28BrN5O3S2. The quantitative estimate of drug-likeness (QED) is 0.251. The van der Waals surface area contributed by atoms with E-state index in [1.165, 1.54) is 7.11 Å². The summed E-state index contributed by atoms with van der Waals surface area (Å²) in [6, 6.07) is 21.1. The molecule has 0 saturated carbocycles. The molecule has 1 aliphatic rings. The fourth-order valence-electron chi connectivity index (χ4n) is 5.16. The first-order chi connectivity index (χ1) is 18.6. The molecule has 0 bridgehead atoms. The number of aryl methyl sites for hydroxylation is 1. The molecule has 0 aliphatic carbocycles. The molecule has 2 N–H and O–H groups in total. The molecule has 2 atom stereocenters. The van der Waals surface area contributed by atoms with Gasteiger partial charge in [-0.3, -0.25) is 9.71 Å². The molecule has 4 aromatic rings. The molecule has 1 aliphatic heterocycles. The van der Waals surface area contributed by atoms with Crippen LogP contribution in [0.15, 0.2) is 77.4 Å². The highest BCUT2D eigenvalue weighted by atomic mass is 79.9. The van der Waals surface area contributed by atoms with Crippen molar-refractivity contribution in [2.24, 2.45) is 0 Å². The minimum atomic E-state index is -3.48. The van der Waals surface area contributed by atoms with Crippen LogP contribution in [-0.2, 0) is 10.0 Å². The van der Waals surface area contributed by atoms with Crippen LogP contribution in [0.3, 0.4) is 0 Å². The van der Waals surface area contributed by atoms with Gasteiger partial charge in [-0.25, -0.2) is 8.42 Å². The highest BCUT2D eigenvalue weighted by Gasteiger charge is 2.42. The highest BCUT2D eigenvalue weighted by molar-refractivity contribution is 9.10. The van der Waals surface area contributed by atoms with E-state index in [-0.39, 0.29) is 12.1 Å². The van der Waals surface area contributed by atoms with Crippen molar-refractivity contribution in [3.63, 3.8) is 0 Å². The van der Waals surface area contributed by atoms with E-state index in [1.54, 1.807) is 18.3 Å². The predicted octanol–water partition coefficient (Wildman–Crippen LogP) is 5.81. The van der Waals surface area contributed by atoms with Gasteiger partial charge in [0.25, 0.3) is 0 Å². The molecule has 0 amide bonds. The number of sulfonamides is 1. The number of nitrogens with one attached hydrogen (secondary N) is 2. The van der Waals surface area contributed by atoms with Crippen LogP contribution >= 0.6 is 28.1 Å². The first kappa shape index (κ1) is 27.2. The zero-order valence-electron chi connectivity index (χ0n) is 21.8. The van der Waals surface area contributed by atoms with Crippen LogP contribution in [0.1, 0.15) is 34.7 Å². The van der Waals surface area contributed by atoms with Gasteiger partial charge < -0.3 is 19.5 Å². The number of halogens is 1. The van der Waals surface area contributed by atoms with E-state index in [0.29, 0.717) is 16.5 Å². The average molecular weight is 627 g/mol. The first-order valence-corrected chi connectivity index (χ1v) is 15.3. The van der Waals surface area contributed by atoms with Gasteiger partial charge in [0.15, 0.2) is 5.11 Å². The Labute approximate surface area is 242 Å². The number of benzene rings is 2. The number of rotatable bonds is 7.